The summed E-state index contributed by atoms with van der Waals surface area (Å²) in [6.45, 7) is 1.76. The second kappa shape index (κ2) is 6.19. The van der Waals surface area contributed by atoms with Gasteiger partial charge in [0.15, 0.2) is 0 Å². The van der Waals surface area contributed by atoms with Gasteiger partial charge in [-0.05, 0) is 25.8 Å². The normalized spacial score (nSPS) is 15.7. The number of hydrogen-bond acceptors (Lipinski definition) is 9. The van der Waals surface area contributed by atoms with Crippen LogP contribution < -0.4 is 9.47 Å². The topological polar surface area (TPSA) is 113 Å². The third-order valence-electron chi connectivity index (χ3n) is 3.87. The van der Waals surface area contributed by atoms with Crippen LogP contribution in [-0.4, -0.2) is 49.1 Å². The van der Waals surface area contributed by atoms with Gasteiger partial charge in [0.25, 0.3) is 10.1 Å². The van der Waals surface area contributed by atoms with Crippen molar-refractivity contribution in [2.45, 2.75) is 25.4 Å². The first kappa shape index (κ1) is 17.5. The molecule has 3 rings (SSSR count). The fraction of sp³-hybridized carbons (Fsp3) is 0.467. The third-order valence-corrected chi connectivity index (χ3v) is 4.49. The van der Waals surface area contributed by atoms with Crippen molar-refractivity contribution in [3.63, 3.8) is 0 Å². The lowest BCUT2D eigenvalue weighted by Gasteiger charge is -2.17. The number of rotatable bonds is 6. The van der Waals surface area contributed by atoms with E-state index in [4.69, 9.17) is 13.7 Å². The highest BCUT2D eigenvalue weighted by atomic mass is 32.2. The first-order valence-corrected chi connectivity index (χ1v) is 9.30. The fourth-order valence-electron chi connectivity index (χ4n) is 2.63. The van der Waals surface area contributed by atoms with Crippen LogP contribution in [0.1, 0.15) is 24.1 Å². The maximum Gasteiger partial charge on any atom is 0.319 e. The van der Waals surface area contributed by atoms with Crippen molar-refractivity contribution in [1.82, 2.24) is 20.2 Å². The third kappa shape index (κ3) is 3.54. The van der Waals surface area contributed by atoms with Gasteiger partial charge in [0.05, 0.1) is 31.7 Å². The summed E-state index contributed by atoms with van der Waals surface area (Å²) in [5.41, 5.74) is 1.40. The van der Waals surface area contributed by atoms with E-state index in [1.807, 2.05) is 0 Å². The quantitative estimate of drug-likeness (QED) is 0.696. The predicted molar refractivity (Wildman–Crippen MR) is 87.7 cm³/mol. The van der Waals surface area contributed by atoms with Gasteiger partial charge in [-0.1, -0.05) is 0 Å². The highest BCUT2D eigenvalue weighted by molar-refractivity contribution is 7.86. The van der Waals surface area contributed by atoms with Crippen molar-refractivity contribution >= 4 is 10.1 Å². The van der Waals surface area contributed by atoms with Crippen LogP contribution in [0.4, 0.5) is 0 Å². The average molecular weight is 366 g/mol. The molecule has 0 atom stereocenters. The maximum absolute atomic E-state index is 11.6. The van der Waals surface area contributed by atoms with Gasteiger partial charge in [-0.25, -0.2) is 4.98 Å². The van der Waals surface area contributed by atoms with Crippen LogP contribution >= 0.6 is 0 Å². The van der Waals surface area contributed by atoms with E-state index < -0.39 is 15.7 Å². The minimum atomic E-state index is -3.60. The maximum atomic E-state index is 11.6. The summed E-state index contributed by atoms with van der Waals surface area (Å²) >= 11 is 0. The molecule has 0 amide bonds. The number of aryl methyl sites for hydroxylation is 1. The van der Waals surface area contributed by atoms with Gasteiger partial charge in [-0.15, -0.1) is 5.10 Å². The number of ether oxygens (including phenoxy) is 2. The van der Waals surface area contributed by atoms with Gasteiger partial charge in [-0.3, -0.25) is 4.18 Å². The molecule has 134 valence electrons. The van der Waals surface area contributed by atoms with E-state index >= 15 is 0 Å². The highest BCUT2D eigenvalue weighted by Crippen LogP contribution is 2.51. The minimum absolute atomic E-state index is 0.167. The minimum Gasteiger partial charge on any atom is -0.480 e. The summed E-state index contributed by atoms with van der Waals surface area (Å²) in [6, 6.07) is 1.91. The Hall–Kier alpha value is -2.33. The van der Waals surface area contributed by atoms with Crippen LogP contribution in [-0.2, 0) is 19.9 Å². The molecule has 0 radical (unpaired) electrons. The molecular weight excluding hydrogens is 348 g/mol. The zero-order valence-electron chi connectivity index (χ0n) is 14.3. The summed E-state index contributed by atoms with van der Waals surface area (Å²) in [7, 11) is -0.667. The Kier molecular flexibility index (Phi) is 4.33. The van der Waals surface area contributed by atoms with E-state index in [1.54, 1.807) is 13.0 Å². The molecule has 10 heteroatoms. The predicted octanol–water partition coefficient (Wildman–Crippen LogP) is 1.22. The van der Waals surface area contributed by atoms with E-state index in [-0.39, 0.29) is 11.9 Å². The van der Waals surface area contributed by atoms with Crippen LogP contribution in [0.3, 0.4) is 0 Å². The largest absolute Gasteiger partial charge is 0.480 e. The Morgan fingerprint density at radius 1 is 1.16 bits per heavy atom. The molecule has 1 aliphatic rings. The summed E-state index contributed by atoms with van der Waals surface area (Å²) in [5, 5.41) is 8.30. The van der Waals surface area contributed by atoms with Crippen LogP contribution in [0.25, 0.3) is 11.3 Å². The molecule has 0 aliphatic heterocycles. The summed E-state index contributed by atoms with van der Waals surface area (Å²) < 4.78 is 38.7. The molecular formula is C15H18N4O5S. The van der Waals surface area contributed by atoms with Crippen molar-refractivity contribution in [3.8, 4) is 23.1 Å². The van der Waals surface area contributed by atoms with Crippen LogP contribution in [0.5, 0.6) is 11.9 Å². The van der Waals surface area contributed by atoms with E-state index in [0.717, 1.165) is 6.26 Å². The molecule has 0 bridgehead atoms. The summed E-state index contributed by atoms with van der Waals surface area (Å²) in [5.74, 6) is 0.282. The fourth-order valence-corrected chi connectivity index (χ4v) is 3.46. The van der Waals surface area contributed by atoms with Crippen molar-refractivity contribution in [2.24, 2.45) is 0 Å². The molecule has 9 nitrogen and oxygen atoms in total. The second-order valence-electron chi connectivity index (χ2n) is 5.79. The first-order valence-electron chi connectivity index (χ1n) is 7.49. The van der Waals surface area contributed by atoms with Gasteiger partial charge in [-0.2, -0.15) is 18.5 Å². The van der Waals surface area contributed by atoms with E-state index in [2.05, 4.69) is 20.2 Å². The average Bonchev–Trinajstić information content (AvgIpc) is 3.33. The summed E-state index contributed by atoms with van der Waals surface area (Å²) in [6.07, 6.45) is 3.76. The van der Waals surface area contributed by atoms with Gasteiger partial charge in [0.1, 0.15) is 11.3 Å². The standard InChI is InChI=1S/C15H18N4O5S/c1-9-11(15(5-6-15)24-25(4,20)21)7-12(19-18-9)10-8-16-14(23-3)17-13(10)22-2/h7-8H,5-6H2,1-4H3. The second-order valence-corrected chi connectivity index (χ2v) is 7.36. The van der Waals surface area contributed by atoms with E-state index in [9.17, 15) is 8.42 Å². The Morgan fingerprint density at radius 2 is 1.88 bits per heavy atom. The van der Waals surface area contributed by atoms with Gasteiger partial charge < -0.3 is 9.47 Å². The number of nitrogens with zero attached hydrogens (tertiary/aromatic N) is 4. The lowest BCUT2D eigenvalue weighted by Crippen LogP contribution is -2.19. The van der Waals surface area contributed by atoms with Crippen molar-refractivity contribution in [3.05, 3.63) is 23.5 Å². The number of hydrogen-bond donors (Lipinski definition) is 0. The number of methoxy groups -OCH3 is 2. The van der Waals surface area contributed by atoms with Crippen LogP contribution in [0, 0.1) is 6.92 Å². The SMILES string of the molecule is COc1ncc(-c2cc(C3(OS(C)(=O)=O)CC3)c(C)nn2)c(OC)n1. The molecule has 1 saturated carbocycles. The smallest absolute Gasteiger partial charge is 0.319 e. The van der Waals surface area contributed by atoms with Gasteiger partial charge >= 0.3 is 6.01 Å². The Balaban J connectivity index is 2.06. The van der Waals surface area contributed by atoms with Crippen LogP contribution in [0.2, 0.25) is 0 Å². The Labute approximate surface area is 145 Å². The van der Waals surface area contributed by atoms with Crippen molar-refractivity contribution in [2.75, 3.05) is 20.5 Å². The van der Waals surface area contributed by atoms with Crippen molar-refractivity contribution in [1.29, 1.82) is 0 Å². The lowest BCUT2D eigenvalue weighted by molar-refractivity contribution is 0.190. The first-order chi connectivity index (χ1) is 11.8. The molecule has 0 unspecified atom stereocenters. The molecule has 0 N–H and O–H groups in total. The molecule has 2 heterocycles. The molecule has 2 aromatic heterocycles. The van der Waals surface area contributed by atoms with Crippen LogP contribution in [0.15, 0.2) is 12.3 Å². The summed E-state index contributed by atoms with van der Waals surface area (Å²) in [4.78, 5) is 8.19. The highest BCUT2D eigenvalue weighted by Gasteiger charge is 2.50. The van der Waals surface area contributed by atoms with Gasteiger partial charge in [0.2, 0.25) is 5.88 Å². The molecule has 2 aromatic rings. The Morgan fingerprint density at radius 3 is 2.44 bits per heavy atom. The number of aromatic nitrogens is 4. The molecule has 0 spiro atoms. The molecule has 1 aliphatic carbocycles. The molecule has 1 fully saturated rings. The van der Waals surface area contributed by atoms with E-state index in [1.165, 1.54) is 20.4 Å². The van der Waals surface area contributed by atoms with E-state index in [0.29, 0.717) is 35.4 Å². The van der Waals surface area contributed by atoms with Gasteiger partial charge in [0, 0.05) is 11.8 Å². The lowest BCUT2D eigenvalue weighted by atomic mass is 10.0. The van der Waals surface area contributed by atoms with Crippen molar-refractivity contribution < 1.29 is 22.1 Å². The molecule has 0 aromatic carbocycles. The molecule has 0 saturated heterocycles. The zero-order valence-corrected chi connectivity index (χ0v) is 15.1. The molecule has 25 heavy (non-hydrogen) atoms. The zero-order chi connectivity index (χ0) is 18.2. The monoisotopic (exact) mass is 366 g/mol. The Bertz CT molecular complexity index is 912.